The molecule has 0 spiro atoms. The topological polar surface area (TPSA) is 99.7 Å². The second kappa shape index (κ2) is 7.87. The highest BCUT2D eigenvalue weighted by Crippen LogP contribution is 2.28. The molecule has 0 saturated carbocycles. The molecule has 3 atom stereocenters. The lowest BCUT2D eigenvalue weighted by atomic mass is 9.97. The lowest BCUT2D eigenvalue weighted by molar-refractivity contribution is -0.126. The number of hydrogen-bond donors (Lipinski definition) is 3. The Kier molecular flexibility index (Phi) is 7.57. The number of carbonyl (C=O) groups excluding carboxylic acids is 1. The van der Waals surface area contributed by atoms with Gasteiger partial charge in [-0.3, -0.25) is 14.7 Å². The van der Waals surface area contributed by atoms with E-state index in [1.807, 2.05) is 0 Å². The van der Waals surface area contributed by atoms with Crippen molar-refractivity contribution in [3.63, 3.8) is 0 Å². The third-order valence-corrected chi connectivity index (χ3v) is 3.36. The maximum Gasteiger partial charge on any atom is 0.157 e. The summed E-state index contributed by atoms with van der Waals surface area (Å²) >= 11 is 0. The minimum atomic E-state index is -1.52. The predicted molar refractivity (Wildman–Crippen MR) is 78.9 cm³/mol. The molecule has 1 saturated heterocycles. The number of carbonyl (C=O) groups is 1. The molecule has 0 bridgehead atoms. The van der Waals surface area contributed by atoms with E-state index in [0.29, 0.717) is 24.8 Å². The number of β-amino-alcohol motifs (C(OH)–C–C–N with tert-alkyl or cyclic N) is 1. The number of aromatic nitrogens is 1. The van der Waals surface area contributed by atoms with E-state index in [-0.39, 0.29) is 31.4 Å². The monoisotopic (exact) mass is 323 g/mol. The molecule has 8 heteroatoms. The summed E-state index contributed by atoms with van der Waals surface area (Å²) in [6.45, 7) is 0.774. The van der Waals surface area contributed by atoms with E-state index in [1.165, 1.54) is 12.4 Å². The van der Waals surface area contributed by atoms with Gasteiger partial charge in [-0.05, 0) is 24.1 Å². The minimum Gasteiger partial charge on any atom is -0.392 e. The van der Waals surface area contributed by atoms with Crippen LogP contribution in [-0.2, 0) is 4.79 Å². The van der Waals surface area contributed by atoms with E-state index < -0.39 is 17.9 Å². The molecule has 0 aromatic carbocycles. The molecule has 1 aliphatic rings. The number of halogens is 2. The lowest BCUT2D eigenvalue weighted by Crippen LogP contribution is -2.60. The third kappa shape index (κ3) is 3.66. The smallest absolute Gasteiger partial charge is 0.157 e. The van der Waals surface area contributed by atoms with Gasteiger partial charge in [-0.15, -0.1) is 24.8 Å². The number of nitrogens with zero attached hydrogens (tertiary/aromatic N) is 2. The van der Waals surface area contributed by atoms with Gasteiger partial charge in [0.05, 0.1) is 6.10 Å². The van der Waals surface area contributed by atoms with Crippen molar-refractivity contribution in [3.8, 4) is 0 Å². The summed E-state index contributed by atoms with van der Waals surface area (Å²) < 4.78 is 0. The zero-order chi connectivity index (χ0) is 13.2. The molecular weight excluding hydrogens is 305 g/mol. The van der Waals surface area contributed by atoms with Crippen molar-refractivity contribution < 1.29 is 15.0 Å². The third-order valence-electron chi connectivity index (χ3n) is 3.36. The Bertz CT molecular complexity index is 424. The molecule has 4 N–H and O–H groups in total. The average molecular weight is 324 g/mol. The molecule has 2 rings (SSSR count). The molecule has 0 radical (unpaired) electrons. The van der Waals surface area contributed by atoms with Crippen molar-refractivity contribution in [2.45, 2.75) is 24.3 Å². The van der Waals surface area contributed by atoms with Gasteiger partial charge < -0.3 is 15.9 Å². The minimum absolute atomic E-state index is 0. The largest absolute Gasteiger partial charge is 0.392 e. The normalized spacial score (nSPS) is 23.1. The quantitative estimate of drug-likeness (QED) is 0.668. The maximum atomic E-state index is 11.3. The van der Waals surface area contributed by atoms with Gasteiger partial charge in [0.15, 0.2) is 11.9 Å². The van der Waals surface area contributed by atoms with Crippen LogP contribution < -0.4 is 5.73 Å². The molecule has 6 nitrogen and oxygen atoms in total. The van der Waals surface area contributed by atoms with Crippen LogP contribution in [0.3, 0.4) is 0 Å². The van der Waals surface area contributed by atoms with Crippen molar-refractivity contribution in [2.24, 2.45) is 5.73 Å². The van der Waals surface area contributed by atoms with Gasteiger partial charge in [0.25, 0.3) is 0 Å². The summed E-state index contributed by atoms with van der Waals surface area (Å²) in [5.74, 6) is 0. The van der Waals surface area contributed by atoms with Crippen molar-refractivity contribution >= 4 is 31.1 Å². The number of aliphatic hydroxyl groups excluding tert-OH is 2. The zero-order valence-electron chi connectivity index (χ0n) is 10.8. The highest BCUT2D eigenvalue weighted by molar-refractivity contribution is 5.85. The van der Waals surface area contributed by atoms with Gasteiger partial charge in [0, 0.05) is 25.5 Å². The van der Waals surface area contributed by atoms with Gasteiger partial charge >= 0.3 is 0 Å². The van der Waals surface area contributed by atoms with Gasteiger partial charge in [-0.2, -0.15) is 0 Å². The summed E-state index contributed by atoms with van der Waals surface area (Å²) in [5, 5.41) is 19.8. The van der Waals surface area contributed by atoms with Gasteiger partial charge in [0.2, 0.25) is 0 Å². The van der Waals surface area contributed by atoms with Crippen molar-refractivity contribution in [2.75, 3.05) is 13.1 Å². The Hall–Kier alpha value is -0.760. The molecule has 1 aromatic heterocycles. The van der Waals surface area contributed by atoms with E-state index in [2.05, 4.69) is 4.98 Å². The van der Waals surface area contributed by atoms with Crippen LogP contribution in [0.5, 0.6) is 0 Å². The first-order valence-corrected chi connectivity index (χ1v) is 5.84. The van der Waals surface area contributed by atoms with Gasteiger partial charge in [-0.25, -0.2) is 0 Å². The molecule has 1 aromatic rings. The Morgan fingerprint density at radius 1 is 1.45 bits per heavy atom. The summed E-state index contributed by atoms with van der Waals surface area (Å²) in [6.07, 6.45) is 2.50. The number of aliphatic hydroxyl groups is 2. The van der Waals surface area contributed by atoms with Crippen LogP contribution in [0, 0.1) is 0 Å². The number of likely N-dealkylation sites (tertiary alicyclic amines) is 1. The van der Waals surface area contributed by atoms with E-state index in [4.69, 9.17) is 5.73 Å². The summed E-state index contributed by atoms with van der Waals surface area (Å²) in [6, 6.07) is 3.23. The first kappa shape index (κ1) is 19.2. The summed E-state index contributed by atoms with van der Waals surface area (Å²) in [7, 11) is 0. The molecule has 114 valence electrons. The van der Waals surface area contributed by atoms with Crippen LogP contribution in [0.4, 0.5) is 0 Å². The van der Waals surface area contributed by atoms with Crippen LogP contribution in [0.1, 0.15) is 18.1 Å². The zero-order valence-corrected chi connectivity index (χ0v) is 12.4. The summed E-state index contributed by atoms with van der Waals surface area (Å²) in [5.41, 5.74) is 5.03. The number of aldehydes is 1. The molecule has 0 unspecified atom stereocenters. The Balaban J connectivity index is 0.00000180. The Labute approximate surface area is 129 Å². The second-order valence-corrected chi connectivity index (χ2v) is 4.58. The van der Waals surface area contributed by atoms with Crippen LogP contribution in [0.25, 0.3) is 0 Å². The molecule has 2 heterocycles. The molecule has 20 heavy (non-hydrogen) atoms. The highest BCUT2D eigenvalue weighted by atomic mass is 35.5. The highest BCUT2D eigenvalue weighted by Gasteiger charge is 2.43. The van der Waals surface area contributed by atoms with Gasteiger partial charge in [0.1, 0.15) is 6.10 Å². The lowest BCUT2D eigenvalue weighted by Gasteiger charge is -2.37. The molecule has 1 fully saturated rings. The van der Waals surface area contributed by atoms with Crippen molar-refractivity contribution in [3.05, 3.63) is 30.1 Å². The molecule has 1 aliphatic heterocycles. The van der Waals surface area contributed by atoms with Crippen molar-refractivity contribution in [1.82, 2.24) is 9.88 Å². The van der Waals surface area contributed by atoms with E-state index in [9.17, 15) is 15.0 Å². The number of pyridine rings is 1. The Morgan fingerprint density at radius 3 is 2.50 bits per heavy atom. The fourth-order valence-corrected chi connectivity index (χ4v) is 2.22. The van der Waals surface area contributed by atoms with Gasteiger partial charge in [-0.1, -0.05) is 0 Å². The molecule has 0 amide bonds. The van der Waals surface area contributed by atoms with Crippen LogP contribution in [0.2, 0.25) is 0 Å². The second-order valence-electron chi connectivity index (χ2n) is 4.58. The van der Waals surface area contributed by atoms with E-state index in [0.717, 1.165) is 0 Å². The van der Waals surface area contributed by atoms with E-state index in [1.54, 1.807) is 17.0 Å². The van der Waals surface area contributed by atoms with Crippen LogP contribution in [-0.4, -0.2) is 51.2 Å². The fourth-order valence-electron chi connectivity index (χ4n) is 2.22. The fraction of sp³-hybridized carbons (Fsp3) is 0.500. The van der Waals surface area contributed by atoms with Crippen molar-refractivity contribution in [1.29, 1.82) is 0 Å². The predicted octanol–water partition coefficient (Wildman–Crippen LogP) is -0.121. The number of nitrogens with two attached hydrogens (primary N) is 1. The Morgan fingerprint density at radius 2 is 2.05 bits per heavy atom. The SMILES string of the molecule is Cl.Cl.N[C@](C=O)([C@@H](O)c1ccncc1)N1CC[C@@H](O)C1. The standard InChI is InChI=1S/C12H17N3O3.2ClH/c13-12(8-16,15-6-3-10(17)7-15)11(18)9-1-4-14-5-2-9;;/h1-2,4-5,8,10-11,17-18H,3,6-7,13H2;2*1H/t10-,11+,12+;;/m1../s1. The molecule has 0 aliphatic carbocycles. The maximum absolute atomic E-state index is 11.3. The number of rotatable bonds is 4. The van der Waals surface area contributed by atoms with E-state index >= 15 is 0 Å². The molecular formula is C12H19Cl2N3O3. The first-order chi connectivity index (χ1) is 8.58. The summed E-state index contributed by atoms with van der Waals surface area (Å²) in [4.78, 5) is 16.8. The number of hydrogen-bond acceptors (Lipinski definition) is 6. The van der Waals surface area contributed by atoms with Crippen LogP contribution in [0.15, 0.2) is 24.5 Å². The first-order valence-electron chi connectivity index (χ1n) is 5.84. The van der Waals surface area contributed by atoms with Crippen LogP contribution >= 0.6 is 24.8 Å². The average Bonchev–Trinajstić information content (AvgIpc) is 2.85.